The molecule has 1 saturated heterocycles. The van der Waals surface area contributed by atoms with Gasteiger partial charge in [-0.05, 0) is 19.4 Å². The molecule has 0 bridgehead atoms. The molecular formula is C15H19N5O3. The second-order valence-electron chi connectivity index (χ2n) is 5.38. The number of hydrogen-bond donors (Lipinski definition) is 1. The Morgan fingerprint density at radius 2 is 2.39 bits per heavy atom. The van der Waals surface area contributed by atoms with Gasteiger partial charge in [0.05, 0.1) is 13.2 Å². The van der Waals surface area contributed by atoms with Crippen molar-refractivity contribution >= 4 is 5.91 Å². The molecule has 0 saturated carbocycles. The molecule has 0 unspecified atom stereocenters. The minimum absolute atomic E-state index is 0.0938. The number of nitrogens with one attached hydrogen (secondary N) is 1. The van der Waals surface area contributed by atoms with E-state index in [-0.39, 0.29) is 18.1 Å². The van der Waals surface area contributed by atoms with Gasteiger partial charge in [-0.15, -0.1) is 0 Å². The van der Waals surface area contributed by atoms with E-state index in [0.29, 0.717) is 12.5 Å². The van der Waals surface area contributed by atoms with Crippen LogP contribution in [0.15, 0.2) is 31.0 Å². The lowest BCUT2D eigenvalue weighted by Crippen LogP contribution is -2.40. The monoisotopic (exact) mass is 317 g/mol. The average Bonchev–Trinajstić information content (AvgIpc) is 3.26. The highest BCUT2D eigenvalue weighted by Crippen LogP contribution is 2.29. The average molecular weight is 317 g/mol. The Bertz CT molecular complexity index is 644. The first-order chi connectivity index (χ1) is 11.2. The van der Waals surface area contributed by atoms with Crippen molar-refractivity contribution in [3.8, 4) is 5.88 Å². The normalized spacial score (nSPS) is 21.8. The zero-order valence-electron chi connectivity index (χ0n) is 13.0. The van der Waals surface area contributed by atoms with Crippen molar-refractivity contribution in [2.24, 2.45) is 0 Å². The Kier molecular flexibility index (Phi) is 4.52. The van der Waals surface area contributed by atoms with Crippen LogP contribution in [-0.2, 0) is 9.53 Å². The second-order valence-corrected chi connectivity index (χ2v) is 5.38. The highest BCUT2D eigenvalue weighted by Gasteiger charge is 2.32. The minimum Gasteiger partial charge on any atom is -0.481 e. The predicted molar refractivity (Wildman–Crippen MR) is 80.8 cm³/mol. The molecule has 0 radical (unpaired) electrons. The molecular weight excluding hydrogens is 298 g/mol. The van der Waals surface area contributed by atoms with Crippen LogP contribution in [0.5, 0.6) is 5.88 Å². The van der Waals surface area contributed by atoms with Crippen LogP contribution >= 0.6 is 0 Å². The molecule has 122 valence electrons. The van der Waals surface area contributed by atoms with E-state index >= 15 is 0 Å². The van der Waals surface area contributed by atoms with E-state index in [2.05, 4.69) is 20.4 Å². The fraction of sp³-hybridized carbons (Fsp3) is 0.467. The number of pyridine rings is 1. The third kappa shape index (κ3) is 3.31. The number of hydrogen-bond acceptors (Lipinski definition) is 6. The first-order valence-corrected chi connectivity index (χ1v) is 7.45. The van der Waals surface area contributed by atoms with Crippen molar-refractivity contribution < 1.29 is 14.3 Å². The van der Waals surface area contributed by atoms with E-state index < -0.39 is 6.04 Å². The Morgan fingerprint density at radius 1 is 1.52 bits per heavy atom. The lowest BCUT2D eigenvalue weighted by Gasteiger charge is -2.22. The molecule has 1 aliphatic rings. The predicted octanol–water partition coefficient (Wildman–Crippen LogP) is 0.889. The number of rotatable bonds is 5. The van der Waals surface area contributed by atoms with Crippen molar-refractivity contribution in [1.82, 2.24) is 25.1 Å². The molecule has 8 heteroatoms. The SMILES string of the molecule is COc1ccc([C@H]2OCC[C@@H]2NC(=O)[C@H](C)n2cncn2)cn1. The Balaban J connectivity index is 1.67. The summed E-state index contributed by atoms with van der Waals surface area (Å²) >= 11 is 0. The van der Waals surface area contributed by atoms with Gasteiger partial charge >= 0.3 is 0 Å². The number of aromatic nitrogens is 4. The van der Waals surface area contributed by atoms with Gasteiger partial charge in [0.1, 0.15) is 24.8 Å². The molecule has 2 aromatic heterocycles. The summed E-state index contributed by atoms with van der Waals surface area (Å²) in [5.41, 5.74) is 0.919. The molecule has 3 heterocycles. The van der Waals surface area contributed by atoms with Crippen LogP contribution < -0.4 is 10.1 Å². The number of carbonyl (C=O) groups excluding carboxylic acids is 1. The lowest BCUT2D eigenvalue weighted by molar-refractivity contribution is -0.125. The van der Waals surface area contributed by atoms with Crippen LogP contribution in [0.3, 0.4) is 0 Å². The van der Waals surface area contributed by atoms with Gasteiger partial charge in [-0.1, -0.05) is 0 Å². The van der Waals surface area contributed by atoms with Gasteiger partial charge < -0.3 is 14.8 Å². The van der Waals surface area contributed by atoms with Crippen molar-refractivity contribution in [3.05, 3.63) is 36.5 Å². The van der Waals surface area contributed by atoms with E-state index in [0.717, 1.165) is 12.0 Å². The van der Waals surface area contributed by atoms with Gasteiger partial charge in [-0.25, -0.2) is 14.6 Å². The molecule has 1 N–H and O–H groups in total. The summed E-state index contributed by atoms with van der Waals surface area (Å²) in [6, 6.07) is 3.17. The topological polar surface area (TPSA) is 91.2 Å². The summed E-state index contributed by atoms with van der Waals surface area (Å²) in [6.45, 7) is 2.38. The van der Waals surface area contributed by atoms with Gasteiger partial charge in [0, 0.05) is 24.4 Å². The second kappa shape index (κ2) is 6.74. The largest absolute Gasteiger partial charge is 0.481 e. The Labute approximate surface area is 133 Å². The summed E-state index contributed by atoms with van der Waals surface area (Å²) in [4.78, 5) is 20.4. The number of amides is 1. The van der Waals surface area contributed by atoms with Gasteiger partial charge in [-0.2, -0.15) is 5.10 Å². The molecule has 2 aromatic rings. The summed E-state index contributed by atoms with van der Waals surface area (Å²) < 4.78 is 12.3. The van der Waals surface area contributed by atoms with Gasteiger partial charge in [0.25, 0.3) is 0 Å². The van der Waals surface area contributed by atoms with Gasteiger partial charge in [-0.3, -0.25) is 4.79 Å². The smallest absolute Gasteiger partial charge is 0.244 e. The molecule has 1 aliphatic heterocycles. The van der Waals surface area contributed by atoms with Crippen molar-refractivity contribution in [2.75, 3.05) is 13.7 Å². The van der Waals surface area contributed by atoms with Crippen molar-refractivity contribution in [3.63, 3.8) is 0 Å². The lowest BCUT2D eigenvalue weighted by atomic mass is 10.0. The maximum Gasteiger partial charge on any atom is 0.244 e. The summed E-state index contributed by atoms with van der Waals surface area (Å²) in [5, 5.41) is 7.03. The molecule has 3 atom stereocenters. The highest BCUT2D eigenvalue weighted by molar-refractivity contribution is 5.80. The quantitative estimate of drug-likeness (QED) is 0.880. The summed E-state index contributed by atoms with van der Waals surface area (Å²) in [5.74, 6) is 0.435. The third-order valence-electron chi connectivity index (χ3n) is 3.93. The number of nitrogens with zero attached hydrogens (tertiary/aromatic N) is 4. The molecule has 3 rings (SSSR count). The summed E-state index contributed by atoms with van der Waals surface area (Å²) in [6.07, 6.45) is 5.20. The minimum atomic E-state index is -0.423. The maximum absolute atomic E-state index is 12.4. The molecule has 0 spiro atoms. The van der Waals surface area contributed by atoms with E-state index in [1.54, 1.807) is 26.3 Å². The number of carbonyl (C=O) groups is 1. The van der Waals surface area contributed by atoms with Crippen LogP contribution in [0.1, 0.15) is 31.1 Å². The molecule has 0 aliphatic carbocycles. The van der Waals surface area contributed by atoms with Gasteiger partial charge in [0.2, 0.25) is 11.8 Å². The summed E-state index contributed by atoms with van der Waals surface area (Å²) in [7, 11) is 1.57. The standard InChI is InChI=1S/C15H19N5O3/c1-10(20-9-16-8-18-20)15(21)19-12-5-6-23-14(12)11-3-4-13(22-2)17-7-11/h3-4,7-10,12,14H,5-6H2,1-2H3,(H,19,21)/t10-,12-,14+/m0/s1. The third-order valence-corrected chi connectivity index (χ3v) is 3.93. The highest BCUT2D eigenvalue weighted by atomic mass is 16.5. The van der Waals surface area contributed by atoms with Crippen LogP contribution in [0.4, 0.5) is 0 Å². The van der Waals surface area contributed by atoms with E-state index in [9.17, 15) is 4.79 Å². The fourth-order valence-electron chi connectivity index (χ4n) is 2.59. The van der Waals surface area contributed by atoms with Crippen LogP contribution in [0, 0.1) is 0 Å². The zero-order chi connectivity index (χ0) is 16.2. The first kappa shape index (κ1) is 15.4. The molecule has 1 fully saturated rings. The van der Waals surface area contributed by atoms with Crippen LogP contribution in [0.25, 0.3) is 0 Å². The van der Waals surface area contributed by atoms with Crippen LogP contribution in [-0.4, -0.2) is 45.4 Å². The van der Waals surface area contributed by atoms with E-state index in [1.807, 2.05) is 6.07 Å². The van der Waals surface area contributed by atoms with E-state index in [4.69, 9.17) is 9.47 Å². The zero-order valence-corrected chi connectivity index (χ0v) is 13.0. The molecule has 8 nitrogen and oxygen atoms in total. The maximum atomic E-state index is 12.4. The Hall–Kier alpha value is -2.48. The number of methoxy groups -OCH3 is 1. The first-order valence-electron chi connectivity index (χ1n) is 7.45. The molecule has 0 aromatic carbocycles. The van der Waals surface area contributed by atoms with E-state index in [1.165, 1.54) is 17.3 Å². The molecule has 23 heavy (non-hydrogen) atoms. The molecule has 1 amide bonds. The fourth-order valence-corrected chi connectivity index (χ4v) is 2.59. The Morgan fingerprint density at radius 3 is 3.04 bits per heavy atom. The van der Waals surface area contributed by atoms with Crippen molar-refractivity contribution in [1.29, 1.82) is 0 Å². The van der Waals surface area contributed by atoms with Crippen molar-refractivity contribution in [2.45, 2.75) is 31.5 Å². The van der Waals surface area contributed by atoms with Crippen LogP contribution in [0.2, 0.25) is 0 Å². The number of ether oxygens (including phenoxy) is 2. The van der Waals surface area contributed by atoms with Gasteiger partial charge in [0.15, 0.2) is 0 Å².